The van der Waals surface area contributed by atoms with Crippen molar-refractivity contribution in [3.05, 3.63) is 110 Å². The highest BCUT2D eigenvalue weighted by Crippen LogP contribution is 2.45. The molecule has 10 aliphatic rings. The lowest BCUT2D eigenvalue weighted by atomic mass is 9.73. The van der Waals surface area contributed by atoms with E-state index in [0.717, 1.165) is 142 Å². The number of para-hydroxylation sites is 2. The predicted molar refractivity (Wildman–Crippen MR) is 306 cm³/mol. The van der Waals surface area contributed by atoms with Gasteiger partial charge >= 0.3 is 7.12 Å². The summed E-state index contributed by atoms with van der Waals surface area (Å²) >= 11 is 7.14. The average Bonchev–Trinajstić information content (AvgIpc) is 3.66. The van der Waals surface area contributed by atoms with E-state index < -0.39 is 0 Å². The van der Waals surface area contributed by atoms with Crippen molar-refractivity contribution < 1.29 is 43.0 Å². The molecule has 0 radical (unpaired) electrons. The Labute approximate surface area is 463 Å². The fraction of sp³-hybridized carbons (Fsp3) is 0.458. The van der Waals surface area contributed by atoms with Crippen LogP contribution in [-0.2, 0) is 51.0 Å². The molecule has 5 aromatic rings. The molecule has 0 aliphatic carbocycles. The molecular formula is C59H68BBr2N5O9. The molecule has 1 saturated heterocycles. The summed E-state index contributed by atoms with van der Waals surface area (Å²) < 4.78 is 37.2. The van der Waals surface area contributed by atoms with Gasteiger partial charge < -0.3 is 58.3 Å². The van der Waals surface area contributed by atoms with E-state index in [1.807, 2.05) is 40.1 Å². The van der Waals surface area contributed by atoms with Crippen LogP contribution in [0.3, 0.4) is 0 Å². The van der Waals surface area contributed by atoms with E-state index in [2.05, 4.69) is 111 Å². The summed E-state index contributed by atoms with van der Waals surface area (Å²) in [5.41, 5.74) is 12.5. The van der Waals surface area contributed by atoms with Gasteiger partial charge in [0, 0.05) is 41.7 Å². The second kappa shape index (κ2) is 22.0. The molecule has 10 heterocycles. The summed E-state index contributed by atoms with van der Waals surface area (Å²) in [7, 11) is -0.285. The van der Waals surface area contributed by atoms with Gasteiger partial charge in [0.05, 0.1) is 52.7 Å². The van der Waals surface area contributed by atoms with Crippen molar-refractivity contribution in [2.75, 3.05) is 97.2 Å². The van der Waals surface area contributed by atoms with Crippen LogP contribution in [0.15, 0.2) is 81.7 Å². The highest BCUT2D eigenvalue weighted by atomic mass is 79.9. The van der Waals surface area contributed by atoms with Crippen LogP contribution in [0.5, 0.6) is 28.7 Å². The number of aromatic hydroxyl groups is 1. The molecule has 0 atom stereocenters. The Kier molecular flexibility index (Phi) is 15.2. The minimum Gasteiger partial charge on any atom is -0.506 e. The number of aryl methyl sites for hydroxylation is 2. The van der Waals surface area contributed by atoms with Crippen molar-refractivity contribution in [1.29, 1.82) is 0 Å². The van der Waals surface area contributed by atoms with Gasteiger partial charge in [0.2, 0.25) is 0 Å². The third-order valence-corrected chi connectivity index (χ3v) is 17.8. The van der Waals surface area contributed by atoms with E-state index in [1.165, 1.54) is 74.9 Å². The largest absolute Gasteiger partial charge is 0.506 e. The number of benzene rings is 5. The van der Waals surface area contributed by atoms with E-state index in [-0.39, 0.29) is 43.3 Å². The number of carbonyl (C=O) groups excluding carboxylic acids is 2. The summed E-state index contributed by atoms with van der Waals surface area (Å²) in [6.07, 6.45) is 11.1. The molecule has 400 valence electrons. The van der Waals surface area contributed by atoms with Crippen LogP contribution in [0.2, 0.25) is 0 Å². The van der Waals surface area contributed by atoms with E-state index in [1.54, 1.807) is 6.07 Å². The predicted octanol–water partition coefficient (Wildman–Crippen LogP) is 9.95. The molecule has 15 rings (SSSR count). The zero-order valence-electron chi connectivity index (χ0n) is 44.1. The average molecular weight is 1160 g/mol. The molecule has 0 aromatic heterocycles. The topological polar surface area (TPSA) is 135 Å². The SMILES string of the molecule is Brc1ccc2c3c1CCCN3CCO2.CC1(C)OB(c2ccc3c4c2CCCN4CCO3)OC1(C)C.O=C1COc2ccc(Br)c3c2N1CCC3.O=C1COc2cccc3c2N1CCC3.Oc1cccc2c1NCCC2. The third-order valence-electron chi connectivity index (χ3n) is 16.4. The lowest BCUT2D eigenvalue weighted by Gasteiger charge is -2.37. The van der Waals surface area contributed by atoms with Gasteiger partial charge in [-0.1, -0.05) is 62.2 Å². The molecule has 0 unspecified atom stereocenters. The number of fused-ring (bicyclic) bond motifs is 1. The number of anilines is 5. The summed E-state index contributed by atoms with van der Waals surface area (Å²) in [4.78, 5) is 31.9. The van der Waals surface area contributed by atoms with Gasteiger partial charge in [0.25, 0.3) is 11.8 Å². The quantitative estimate of drug-likeness (QED) is 0.122. The van der Waals surface area contributed by atoms with Crippen LogP contribution in [0.4, 0.5) is 28.4 Å². The molecule has 0 saturated carbocycles. The highest BCUT2D eigenvalue weighted by Gasteiger charge is 2.53. The van der Waals surface area contributed by atoms with Crippen molar-refractivity contribution in [3.8, 4) is 28.7 Å². The molecule has 14 nitrogen and oxygen atoms in total. The summed E-state index contributed by atoms with van der Waals surface area (Å²) in [6.45, 7) is 17.3. The normalized spacial score (nSPS) is 20.0. The van der Waals surface area contributed by atoms with Crippen molar-refractivity contribution in [1.82, 2.24) is 0 Å². The van der Waals surface area contributed by atoms with Gasteiger partial charge in [-0.15, -0.1) is 0 Å². The van der Waals surface area contributed by atoms with Gasteiger partial charge in [-0.25, -0.2) is 0 Å². The van der Waals surface area contributed by atoms with E-state index in [9.17, 15) is 14.7 Å². The number of phenols is 1. The fourth-order valence-electron chi connectivity index (χ4n) is 11.9. The number of hydrogen-bond donors (Lipinski definition) is 2. The first-order chi connectivity index (χ1) is 36.8. The number of rotatable bonds is 1. The zero-order valence-corrected chi connectivity index (χ0v) is 47.3. The van der Waals surface area contributed by atoms with E-state index >= 15 is 0 Å². The van der Waals surface area contributed by atoms with Crippen LogP contribution >= 0.6 is 31.9 Å². The third kappa shape index (κ3) is 10.3. The Morgan fingerprint density at radius 1 is 0.526 bits per heavy atom. The number of nitrogens with one attached hydrogen (secondary N) is 1. The number of hydrogen-bond acceptors (Lipinski definition) is 12. The molecule has 10 aliphatic heterocycles. The Hall–Kier alpha value is -5.62. The number of amides is 2. The second-order valence-corrected chi connectivity index (χ2v) is 23.4. The minimum absolute atomic E-state index is 0.0709. The Morgan fingerprint density at radius 3 is 1.67 bits per heavy atom. The molecule has 0 spiro atoms. The first-order valence-corrected chi connectivity index (χ1v) is 28.8. The van der Waals surface area contributed by atoms with Crippen molar-refractivity contribution >= 4 is 84.7 Å². The fourth-order valence-corrected chi connectivity index (χ4v) is 12.9. The van der Waals surface area contributed by atoms with Crippen LogP contribution < -0.4 is 49.3 Å². The van der Waals surface area contributed by atoms with Gasteiger partial charge in [-0.3, -0.25) is 9.59 Å². The van der Waals surface area contributed by atoms with Crippen molar-refractivity contribution in [2.24, 2.45) is 0 Å². The Bertz CT molecular complexity index is 2990. The van der Waals surface area contributed by atoms with Crippen molar-refractivity contribution in [3.63, 3.8) is 0 Å². The van der Waals surface area contributed by atoms with Crippen LogP contribution in [-0.4, -0.2) is 107 Å². The summed E-state index contributed by atoms with van der Waals surface area (Å²) in [5.74, 6) is 4.32. The molecule has 0 bridgehead atoms. The smallest absolute Gasteiger partial charge is 0.495 e. The first kappa shape index (κ1) is 52.4. The lowest BCUT2D eigenvalue weighted by molar-refractivity contribution is -0.122. The number of phenolic OH excluding ortho intramolecular Hbond substituents is 1. The van der Waals surface area contributed by atoms with E-state index in [4.69, 9.17) is 28.3 Å². The maximum absolute atomic E-state index is 11.7. The standard InChI is InChI=1S/C17H24BNO3.C11H10BrNO2.C11H12BrNO.C11H11NO2.C9H11NO/c1-16(2)17(3,4)22-18(21-16)13-7-8-14-15-12(13)6-5-9-19(15)10-11-20-14;12-8-3-4-9-11-7(8)2-1-5-13(11)10(14)6-15-9;12-9-3-4-10-11-8(9)2-1-5-13(11)6-7-14-10;13-10-7-14-9-5-1-3-8-4-2-6-12(10)11(8)9;11-8-5-1-3-7-4-2-6-10-9(7)8/h7-8H,5-6,9-11H2,1-4H3;3-4H,1-2,5-6H2;3-4H,1-2,5-7H2;1,3,5H,2,4,6-7H2;1,3,5,10-11H,2,4,6H2. The monoisotopic (exact) mass is 1160 g/mol. The molecule has 1 fully saturated rings. The maximum Gasteiger partial charge on any atom is 0.495 e. The lowest BCUT2D eigenvalue weighted by Crippen LogP contribution is -2.43. The molecule has 76 heavy (non-hydrogen) atoms. The van der Waals surface area contributed by atoms with Crippen LogP contribution in [0.1, 0.15) is 87.6 Å². The molecule has 5 aromatic carbocycles. The van der Waals surface area contributed by atoms with E-state index in [0.29, 0.717) is 5.75 Å². The van der Waals surface area contributed by atoms with Gasteiger partial charge in [0.1, 0.15) is 42.0 Å². The number of ether oxygens (including phenoxy) is 4. The Balaban J connectivity index is 0.000000103. The molecule has 2 N–H and O–H groups in total. The first-order valence-electron chi connectivity index (χ1n) is 27.2. The highest BCUT2D eigenvalue weighted by molar-refractivity contribution is 9.10. The maximum atomic E-state index is 11.7. The number of nitrogens with zero attached hydrogens (tertiary/aromatic N) is 4. The van der Waals surface area contributed by atoms with Crippen LogP contribution in [0, 0.1) is 0 Å². The zero-order chi connectivity index (χ0) is 52.7. The Morgan fingerprint density at radius 2 is 1.03 bits per heavy atom. The second-order valence-electron chi connectivity index (χ2n) is 21.7. The summed E-state index contributed by atoms with van der Waals surface area (Å²) in [5, 5.41) is 12.6. The number of halogens is 2. The number of carbonyl (C=O) groups is 2. The minimum atomic E-state index is -0.300. The van der Waals surface area contributed by atoms with Crippen LogP contribution in [0.25, 0.3) is 0 Å². The molecular weight excluding hydrogens is 1090 g/mol. The van der Waals surface area contributed by atoms with Crippen molar-refractivity contribution in [2.45, 2.75) is 103 Å². The van der Waals surface area contributed by atoms with Gasteiger partial charge in [-0.2, -0.15) is 0 Å². The molecule has 17 heteroatoms. The summed E-state index contributed by atoms with van der Waals surface area (Å²) in [6, 6.07) is 24.0. The van der Waals surface area contributed by atoms with Gasteiger partial charge in [-0.05, 0) is 168 Å². The molecule has 2 amide bonds. The van der Waals surface area contributed by atoms with Gasteiger partial charge in [0.15, 0.2) is 13.2 Å².